The number of primary amides is 1. The minimum atomic E-state index is -0.550. The quantitative estimate of drug-likeness (QED) is 0.408. The largest absolute Gasteiger partial charge is 0.468 e. The van der Waals surface area contributed by atoms with Crippen LogP contribution in [0.3, 0.4) is 0 Å². The Hall–Kier alpha value is -1.63. The maximum atomic E-state index is 10.9. The van der Waals surface area contributed by atoms with Gasteiger partial charge in [0.2, 0.25) is 11.8 Å². The molecule has 14 heavy (non-hydrogen) atoms. The summed E-state index contributed by atoms with van der Waals surface area (Å²) in [5.74, 6) is -1.49. The van der Waals surface area contributed by atoms with Crippen molar-refractivity contribution in [1.29, 1.82) is 0 Å². The van der Waals surface area contributed by atoms with Crippen molar-refractivity contribution in [3.05, 3.63) is 0 Å². The first-order chi connectivity index (χ1) is 6.56. The summed E-state index contributed by atoms with van der Waals surface area (Å²) >= 11 is 0. The topological polar surface area (TPSA) is 111 Å². The van der Waals surface area contributed by atoms with Crippen LogP contribution in [0.4, 0.5) is 0 Å². The van der Waals surface area contributed by atoms with Crippen LogP contribution in [0.2, 0.25) is 0 Å². The minimum Gasteiger partial charge on any atom is -0.468 e. The van der Waals surface area contributed by atoms with Gasteiger partial charge in [-0.3, -0.25) is 19.7 Å². The van der Waals surface area contributed by atoms with Crippen LogP contribution in [0.1, 0.15) is 0 Å². The second kappa shape index (κ2) is 6.84. The number of hydrogen-bond acceptors (Lipinski definition) is 5. The van der Waals surface area contributed by atoms with Crippen LogP contribution >= 0.6 is 0 Å². The van der Waals surface area contributed by atoms with Crippen LogP contribution in [-0.4, -0.2) is 44.5 Å². The van der Waals surface area contributed by atoms with Gasteiger partial charge >= 0.3 is 5.97 Å². The standard InChI is InChI=1S/C7H13N3O4/c1-14-7(13)4-10-6(12)3-9-2-5(8)11/h9H,2-4H2,1H3,(H2,8,11)(H,10,12). The molecule has 0 saturated heterocycles. The zero-order valence-electron chi connectivity index (χ0n) is 7.83. The number of nitrogens with two attached hydrogens (primary N) is 1. The Morgan fingerprint density at radius 2 is 1.86 bits per heavy atom. The highest BCUT2D eigenvalue weighted by atomic mass is 16.5. The molecule has 80 valence electrons. The lowest BCUT2D eigenvalue weighted by molar-refractivity contribution is -0.141. The number of amides is 2. The highest BCUT2D eigenvalue weighted by molar-refractivity contribution is 5.83. The van der Waals surface area contributed by atoms with Crippen LogP contribution in [0.5, 0.6) is 0 Å². The van der Waals surface area contributed by atoms with Gasteiger partial charge in [0.1, 0.15) is 6.54 Å². The Bertz CT molecular complexity index is 229. The van der Waals surface area contributed by atoms with Gasteiger partial charge in [-0.2, -0.15) is 0 Å². The van der Waals surface area contributed by atoms with Crippen molar-refractivity contribution in [2.45, 2.75) is 0 Å². The first-order valence-corrected chi connectivity index (χ1v) is 3.88. The molecule has 7 nitrogen and oxygen atoms in total. The maximum Gasteiger partial charge on any atom is 0.325 e. The molecule has 7 heteroatoms. The van der Waals surface area contributed by atoms with E-state index in [0.29, 0.717) is 0 Å². The van der Waals surface area contributed by atoms with E-state index in [4.69, 9.17) is 5.73 Å². The Morgan fingerprint density at radius 1 is 1.21 bits per heavy atom. The van der Waals surface area contributed by atoms with Crippen molar-refractivity contribution in [3.63, 3.8) is 0 Å². The molecule has 0 aliphatic heterocycles. The van der Waals surface area contributed by atoms with Crippen LogP contribution in [0.15, 0.2) is 0 Å². The Balaban J connectivity index is 3.46. The molecule has 0 aromatic heterocycles. The van der Waals surface area contributed by atoms with Gasteiger partial charge in [0, 0.05) is 0 Å². The molecule has 0 aliphatic rings. The third-order valence-corrected chi connectivity index (χ3v) is 1.24. The third-order valence-electron chi connectivity index (χ3n) is 1.24. The second-order valence-corrected chi connectivity index (χ2v) is 2.42. The molecular formula is C7H13N3O4. The van der Waals surface area contributed by atoms with Gasteiger partial charge in [0.25, 0.3) is 0 Å². The summed E-state index contributed by atoms with van der Waals surface area (Å²) in [6.07, 6.45) is 0. The van der Waals surface area contributed by atoms with E-state index in [2.05, 4.69) is 15.4 Å². The average Bonchev–Trinajstić information content (AvgIpc) is 2.13. The fourth-order valence-electron chi connectivity index (χ4n) is 0.605. The number of rotatable bonds is 6. The Morgan fingerprint density at radius 3 is 2.36 bits per heavy atom. The smallest absolute Gasteiger partial charge is 0.325 e. The molecule has 0 unspecified atom stereocenters. The summed E-state index contributed by atoms with van der Waals surface area (Å²) in [6.45, 7) is -0.334. The van der Waals surface area contributed by atoms with E-state index in [0.717, 1.165) is 0 Å². The number of nitrogens with one attached hydrogen (secondary N) is 2. The maximum absolute atomic E-state index is 10.9. The molecule has 0 rings (SSSR count). The number of ether oxygens (including phenoxy) is 1. The zero-order valence-corrected chi connectivity index (χ0v) is 7.83. The molecule has 0 heterocycles. The first-order valence-electron chi connectivity index (χ1n) is 3.88. The molecule has 0 atom stereocenters. The van der Waals surface area contributed by atoms with Crippen LogP contribution in [0, 0.1) is 0 Å². The molecule has 0 spiro atoms. The van der Waals surface area contributed by atoms with Gasteiger partial charge < -0.3 is 15.8 Å². The van der Waals surface area contributed by atoms with E-state index < -0.39 is 17.8 Å². The summed E-state index contributed by atoms with van der Waals surface area (Å²) < 4.78 is 4.30. The monoisotopic (exact) mass is 203 g/mol. The van der Waals surface area contributed by atoms with Gasteiger partial charge in [-0.25, -0.2) is 0 Å². The Labute approximate surface area is 81.0 Å². The van der Waals surface area contributed by atoms with Crippen molar-refractivity contribution < 1.29 is 19.1 Å². The van der Waals surface area contributed by atoms with Gasteiger partial charge in [0.15, 0.2) is 0 Å². The predicted molar refractivity (Wildman–Crippen MR) is 47.1 cm³/mol. The molecule has 0 aromatic rings. The number of methoxy groups -OCH3 is 1. The number of esters is 1. The van der Waals surface area contributed by atoms with Gasteiger partial charge in [-0.1, -0.05) is 0 Å². The highest BCUT2D eigenvalue weighted by Crippen LogP contribution is 1.70. The normalized spacial score (nSPS) is 9.21. The summed E-state index contributed by atoms with van der Waals surface area (Å²) in [5.41, 5.74) is 4.82. The van der Waals surface area contributed by atoms with E-state index in [-0.39, 0.29) is 19.6 Å². The molecule has 0 aliphatic carbocycles. The van der Waals surface area contributed by atoms with Crippen LogP contribution < -0.4 is 16.4 Å². The van der Waals surface area contributed by atoms with Crippen molar-refractivity contribution >= 4 is 17.8 Å². The van der Waals surface area contributed by atoms with E-state index >= 15 is 0 Å². The molecule has 0 aromatic carbocycles. The second-order valence-electron chi connectivity index (χ2n) is 2.42. The number of carbonyl (C=O) groups is 3. The molecule has 0 saturated carbocycles. The van der Waals surface area contributed by atoms with Crippen LogP contribution in [-0.2, 0) is 19.1 Å². The van der Waals surface area contributed by atoms with Crippen molar-refractivity contribution in [2.75, 3.05) is 26.7 Å². The fraction of sp³-hybridized carbons (Fsp3) is 0.571. The number of hydrogen-bond donors (Lipinski definition) is 3. The minimum absolute atomic E-state index is 0.0695. The molecule has 2 amide bonds. The average molecular weight is 203 g/mol. The van der Waals surface area contributed by atoms with Crippen molar-refractivity contribution in [3.8, 4) is 0 Å². The zero-order chi connectivity index (χ0) is 11.0. The SMILES string of the molecule is COC(=O)CNC(=O)CNCC(N)=O. The van der Waals surface area contributed by atoms with E-state index in [1.165, 1.54) is 7.11 Å². The molecule has 0 fully saturated rings. The van der Waals surface area contributed by atoms with Crippen molar-refractivity contribution in [2.24, 2.45) is 5.73 Å². The van der Waals surface area contributed by atoms with E-state index in [1.807, 2.05) is 0 Å². The third kappa shape index (κ3) is 7.04. The Kier molecular flexibility index (Phi) is 6.04. The number of carbonyl (C=O) groups excluding carboxylic acids is 3. The molecule has 4 N–H and O–H groups in total. The predicted octanol–water partition coefficient (Wildman–Crippen LogP) is -2.65. The highest BCUT2D eigenvalue weighted by Gasteiger charge is 2.04. The van der Waals surface area contributed by atoms with E-state index in [9.17, 15) is 14.4 Å². The van der Waals surface area contributed by atoms with Crippen LogP contribution in [0.25, 0.3) is 0 Å². The van der Waals surface area contributed by atoms with Crippen molar-refractivity contribution in [1.82, 2.24) is 10.6 Å². The first kappa shape index (κ1) is 12.4. The fourth-order valence-corrected chi connectivity index (χ4v) is 0.605. The van der Waals surface area contributed by atoms with Gasteiger partial charge in [-0.15, -0.1) is 0 Å². The van der Waals surface area contributed by atoms with Gasteiger partial charge in [-0.05, 0) is 0 Å². The van der Waals surface area contributed by atoms with E-state index in [1.54, 1.807) is 0 Å². The summed E-state index contributed by atoms with van der Waals surface area (Å²) in [5, 5.41) is 4.77. The summed E-state index contributed by atoms with van der Waals surface area (Å²) in [7, 11) is 1.22. The lowest BCUT2D eigenvalue weighted by Gasteiger charge is -2.03. The summed E-state index contributed by atoms with van der Waals surface area (Å²) in [4.78, 5) is 31.7. The molecule has 0 radical (unpaired) electrons. The molecule has 0 bridgehead atoms. The lowest BCUT2D eigenvalue weighted by atomic mass is 10.5. The van der Waals surface area contributed by atoms with Gasteiger partial charge in [0.05, 0.1) is 20.2 Å². The molecular weight excluding hydrogens is 190 g/mol. The summed E-state index contributed by atoms with van der Waals surface area (Å²) in [6, 6.07) is 0. The lowest BCUT2D eigenvalue weighted by Crippen LogP contribution is -2.39.